The molecule has 1 aliphatic heterocycles. The average molecular weight is 255 g/mol. The Morgan fingerprint density at radius 1 is 1.11 bits per heavy atom. The second-order valence-corrected chi connectivity index (χ2v) is 4.71. The van der Waals surface area contributed by atoms with E-state index in [2.05, 4.69) is 17.1 Å². The first-order valence-corrected chi connectivity index (χ1v) is 6.94. The van der Waals surface area contributed by atoms with Gasteiger partial charge in [0.25, 0.3) is 0 Å². The molecule has 0 aromatic rings. The number of rotatable bonds is 6. The number of carbonyl (C=O) groups is 2. The summed E-state index contributed by atoms with van der Waals surface area (Å²) in [6.45, 7) is 8.24. The molecule has 0 bridgehead atoms. The molecule has 5 heteroatoms. The number of likely N-dealkylation sites (N-methyl/N-ethyl adjacent to an activating group) is 1. The highest BCUT2D eigenvalue weighted by molar-refractivity contribution is 5.78. The molecule has 0 aromatic carbocycles. The SMILES string of the molecule is CCCCC(=O)N1CCN(CC(=O)NCC)CC1. The van der Waals surface area contributed by atoms with Crippen LogP contribution in [-0.4, -0.2) is 60.9 Å². The Labute approximate surface area is 110 Å². The van der Waals surface area contributed by atoms with Gasteiger partial charge < -0.3 is 10.2 Å². The zero-order valence-electron chi connectivity index (χ0n) is 11.6. The third-order valence-electron chi connectivity index (χ3n) is 3.21. The number of carbonyl (C=O) groups excluding carboxylic acids is 2. The molecule has 1 rings (SSSR count). The molecule has 1 heterocycles. The van der Waals surface area contributed by atoms with E-state index in [4.69, 9.17) is 0 Å². The molecular formula is C13H25N3O2. The van der Waals surface area contributed by atoms with Crippen molar-refractivity contribution in [3.8, 4) is 0 Å². The third kappa shape index (κ3) is 5.04. The molecule has 0 aromatic heterocycles. The first kappa shape index (κ1) is 15.0. The first-order valence-electron chi connectivity index (χ1n) is 6.94. The minimum atomic E-state index is 0.0725. The van der Waals surface area contributed by atoms with Crippen LogP contribution in [0.5, 0.6) is 0 Å². The Balaban J connectivity index is 2.23. The lowest BCUT2D eigenvalue weighted by molar-refractivity contribution is -0.133. The third-order valence-corrected chi connectivity index (χ3v) is 3.21. The van der Waals surface area contributed by atoms with Crippen molar-refractivity contribution in [2.45, 2.75) is 33.1 Å². The lowest BCUT2D eigenvalue weighted by atomic mass is 10.2. The normalized spacial score (nSPS) is 16.7. The number of piperazine rings is 1. The van der Waals surface area contributed by atoms with Crippen LogP contribution in [0, 0.1) is 0 Å². The maximum atomic E-state index is 11.8. The van der Waals surface area contributed by atoms with E-state index in [1.165, 1.54) is 0 Å². The highest BCUT2D eigenvalue weighted by Crippen LogP contribution is 2.05. The van der Waals surface area contributed by atoms with Crippen LogP contribution in [-0.2, 0) is 9.59 Å². The van der Waals surface area contributed by atoms with Crippen molar-refractivity contribution in [1.82, 2.24) is 15.1 Å². The maximum Gasteiger partial charge on any atom is 0.234 e. The molecule has 104 valence electrons. The summed E-state index contributed by atoms with van der Waals surface area (Å²) in [7, 11) is 0. The molecule has 1 N–H and O–H groups in total. The van der Waals surface area contributed by atoms with Gasteiger partial charge in [-0.15, -0.1) is 0 Å². The zero-order valence-corrected chi connectivity index (χ0v) is 11.6. The molecule has 2 amide bonds. The smallest absolute Gasteiger partial charge is 0.234 e. The fourth-order valence-electron chi connectivity index (χ4n) is 2.10. The van der Waals surface area contributed by atoms with E-state index in [1.807, 2.05) is 11.8 Å². The Morgan fingerprint density at radius 3 is 2.33 bits per heavy atom. The van der Waals surface area contributed by atoms with Gasteiger partial charge in [0.15, 0.2) is 0 Å². The topological polar surface area (TPSA) is 52.7 Å². The van der Waals surface area contributed by atoms with Crippen LogP contribution in [0.25, 0.3) is 0 Å². The molecule has 0 aliphatic carbocycles. The van der Waals surface area contributed by atoms with Crippen LogP contribution >= 0.6 is 0 Å². The standard InChI is InChI=1S/C13H25N3O2/c1-3-5-6-13(18)16-9-7-15(8-10-16)11-12(17)14-4-2/h3-11H2,1-2H3,(H,14,17). The molecule has 1 aliphatic rings. The van der Waals surface area contributed by atoms with E-state index >= 15 is 0 Å². The lowest BCUT2D eigenvalue weighted by Gasteiger charge is -2.34. The van der Waals surface area contributed by atoms with Crippen LogP contribution in [0.2, 0.25) is 0 Å². The van der Waals surface area contributed by atoms with E-state index < -0.39 is 0 Å². The monoisotopic (exact) mass is 255 g/mol. The Kier molecular flexibility index (Phi) is 6.72. The van der Waals surface area contributed by atoms with E-state index in [1.54, 1.807) is 0 Å². The summed E-state index contributed by atoms with van der Waals surface area (Å²) in [6.07, 6.45) is 2.69. The number of nitrogens with one attached hydrogen (secondary N) is 1. The Morgan fingerprint density at radius 2 is 1.78 bits per heavy atom. The minimum absolute atomic E-state index is 0.0725. The van der Waals surface area contributed by atoms with Gasteiger partial charge in [-0.05, 0) is 13.3 Å². The first-order chi connectivity index (χ1) is 8.67. The molecule has 0 unspecified atom stereocenters. The summed E-state index contributed by atoms with van der Waals surface area (Å²) >= 11 is 0. The van der Waals surface area contributed by atoms with E-state index in [0.717, 1.165) is 39.0 Å². The molecule has 0 saturated carbocycles. The maximum absolute atomic E-state index is 11.8. The van der Waals surface area contributed by atoms with Crippen molar-refractivity contribution >= 4 is 11.8 Å². The Hall–Kier alpha value is -1.10. The van der Waals surface area contributed by atoms with Crippen molar-refractivity contribution in [2.24, 2.45) is 0 Å². The van der Waals surface area contributed by atoms with Crippen molar-refractivity contribution in [2.75, 3.05) is 39.3 Å². The van der Waals surface area contributed by atoms with Crippen LogP contribution < -0.4 is 5.32 Å². The average Bonchev–Trinajstić information content (AvgIpc) is 2.37. The zero-order chi connectivity index (χ0) is 13.4. The fraction of sp³-hybridized carbons (Fsp3) is 0.846. The van der Waals surface area contributed by atoms with Gasteiger partial charge >= 0.3 is 0 Å². The highest BCUT2D eigenvalue weighted by atomic mass is 16.2. The Bertz CT molecular complexity index is 273. The van der Waals surface area contributed by atoms with Gasteiger partial charge in [-0.2, -0.15) is 0 Å². The molecular weight excluding hydrogens is 230 g/mol. The van der Waals surface area contributed by atoms with E-state index in [9.17, 15) is 9.59 Å². The summed E-state index contributed by atoms with van der Waals surface area (Å²) in [5.74, 6) is 0.331. The quantitative estimate of drug-likeness (QED) is 0.750. The van der Waals surface area contributed by atoms with Crippen molar-refractivity contribution in [1.29, 1.82) is 0 Å². The van der Waals surface area contributed by atoms with Gasteiger partial charge in [0, 0.05) is 39.1 Å². The summed E-state index contributed by atoms with van der Waals surface area (Å²) < 4.78 is 0. The molecule has 18 heavy (non-hydrogen) atoms. The van der Waals surface area contributed by atoms with Crippen molar-refractivity contribution in [3.05, 3.63) is 0 Å². The van der Waals surface area contributed by atoms with Crippen molar-refractivity contribution < 1.29 is 9.59 Å². The number of hydrogen-bond acceptors (Lipinski definition) is 3. The number of hydrogen-bond donors (Lipinski definition) is 1. The van der Waals surface area contributed by atoms with Crippen LogP contribution in [0.3, 0.4) is 0 Å². The highest BCUT2D eigenvalue weighted by Gasteiger charge is 2.21. The minimum Gasteiger partial charge on any atom is -0.355 e. The van der Waals surface area contributed by atoms with Crippen molar-refractivity contribution in [3.63, 3.8) is 0 Å². The van der Waals surface area contributed by atoms with Crippen LogP contribution in [0.4, 0.5) is 0 Å². The molecule has 0 spiro atoms. The second-order valence-electron chi connectivity index (χ2n) is 4.71. The van der Waals surface area contributed by atoms with Crippen LogP contribution in [0.15, 0.2) is 0 Å². The van der Waals surface area contributed by atoms with E-state index in [0.29, 0.717) is 19.5 Å². The summed E-state index contributed by atoms with van der Waals surface area (Å²) in [5.41, 5.74) is 0. The van der Waals surface area contributed by atoms with Gasteiger partial charge in [-0.25, -0.2) is 0 Å². The van der Waals surface area contributed by atoms with Crippen LogP contribution in [0.1, 0.15) is 33.1 Å². The number of nitrogens with zero attached hydrogens (tertiary/aromatic N) is 2. The second kappa shape index (κ2) is 8.08. The molecule has 1 fully saturated rings. The summed E-state index contributed by atoms with van der Waals surface area (Å²) in [4.78, 5) is 27.3. The summed E-state index contributed by atoms with van der Waals surface area (Å²) in [5, 5.41) is 2.79. The summed E-state index contributed by atoms with van der Waals surface area (Å²) in [6, 6.07) is 0. The predicted molar refractivity (Wildman–Crippen MR) is 71.2 cm³/mol. The van der Waals surface area contributed by atoms with Gasteiger partial charge in [-0.3, -0.25) is 14.5 Å². The number of amides is 2. The molecule has 5 nitrogen and oxygen atoms in total. The molecule has 0 atom stereocenters. The molecule has 1 saturated heterocycles. The largest absolute Gasteiger partial charge is 0.355 e. The lowest BCUT2D eigenvalue weighted by Crippen LogP contribution is -2.51. The molecule has 0 radical (unpaired) electrons. The van der Waals surface area contributed by atoms with Gasteiger partial charge in [0.05, 0.1) is 6.54 Å². The predicted octanol–water partition coefficient (Wildman–Crippen LogP) is 0.457. The number of unbranched alkanes of at least 4 members (excludes halogenated alkanes) is 1. The van der Waals surface area contributed by atoms with Gasteiger partial charge in [-0.1, -0.05) is 13.3 Å². The fourth-order valence-corrected chi connectivity index (χ4v) is 2.10. The van der Waals surface area contributed by atoms with E-state index in [-0.39, 0.29) is 11.8 Å². The van der Waals surface area contributed by atoms with Gasteiger partial charge in [0.2, 0.25) is 11.8 Å². The van der Waals surface area contributed by atoms with Gasteiger partial charge in [0.1, 0.15) is 0 Å².